The molecule has 1 aromatic heterocycles. The molecule has 0 spiro atoms. The minimum Gasteiger partial charge on any atom is -0.376 e. The molecule has 2 aliphatic rings. The summed E-state index contributed by atoms with van der Waals surface area (Å²) in [6.07, 6.45) is -5.35. The number of ether oxygens (including phenoxy) is 1. The molecule has 0 radical (unpaired) electrons. The number of benzene rings is 2. The van der Waals surface area contributed by atoms with Crippen molar-refractivity contribution in [2.75, 3.05) is 30.3 Å². The number of thioether (sulfide) groups is 1. The van der Waals surface area contributed by atoms with Crippen molar-refractivity contribution >= 4 is 28.5 Å². The molecule has 6 nitrogen and oxygen atoms in total. The van der Waals surface area contributed by atoms with Crippen LogP contribution in [-0.2, 0) is 17.5 Å². The van der Waals surface area contributed by atoms with Crippen molar-refractivity contribution in [2.45, 2.75) is 56.6 Å². The number of alkyl halides is 3. The number of rotatable bonds is 4. The summed E-state index contributed by atoms with van der Waals surface area (Å²) in [7, 11) is 0. The molecule has 204 valence electrons. The Bertz CT molecular complexity index is 1430. The maximum absolute atomic E-state index is 15.0. The molecule has 38 heavy (non-hydrogen) atoms. The number of hydrogen-bond donors (Lipinski definition) is 1. The number of halogens is 5. The van der Waals surface area contributed by atoms with Gasteiger partial charge in [0, 0.05) is 65.0 Å². The molecule has 2 aromatic carbocycles. The lowest BCUT2D eigenvalue weighted by atomic mass is 9.95. The molecule has 0 unspecified atom stereocenters. The van der Waals surface area contributed by atoms with Gasteiger partial charge in [0.05, 0.1) is 23.7 Å². The maximum Gasteiger partial charge on any atom is 0.417 e. The summed E-state index contributed by atoms with van der Waals surface area (Å²) in [4.78, 5) is 19.6. The number of hydrogen-bond acceptors (Lipinski definition) is 6. The van der Waals surface area contributed by atoms with Crippen LogP contribution in [0.25, 0.3) is 22.0 Å². The van der Waals surface area contributed by atoms with Gasteiger partial charge in [0.1, 0.15) is 17.5 Å². The van der Waals surface area contributed by atoms with E-state index in [2.05, 4.69) is 10.3 Å². The summed E-state index contributed by atoms with van der Waals surface area (Å²) < 4.78 is 79.8. The minimum atomic E-state index is -4.87. The summed E-state index contributed by atoms with van der Waals surface area (Å²) in [6.45, 7) is 6.99. The summed E-state index contributed by atoms with van der Waals surface area (Å²) in [5.74, 6) is -1.63. The molecule has 2 aliphatic heterocycles. The molecule has 1 N–H and O–H groups in total. The van der Waals surface area contributed by atoms with Crippen LogP contribution in [0.1, 0.15) is 26.3 Å². The molecule has 3 aromatic rings. The van der Waals surface area contributed by atoms with Crippen LogP contribution in [0.5, 0.6) is 0 Å². The highest BCUT2D eigenvalue weighted by atomic mass is 32.2. The summed E-state index contributed by atoms with van der Waals surface area (Å²) in [6, 6.07) is 3.47. The lowest BCUT2D eigenvalue weighted by Crippen LogP contribution is -2.55. The van der Waals surface area contributed by atoms with Gasteiger partial charge >= 0.3 is 11.9 Å². The lowest BCUT2D eigenvalue weighted by Gasteiger charge is -2.37. The van der Waals surface area contributed by atoms with E-state index in [-0.39, 0.29) is 51.6 Å². The topological polar surface area (TPSA) is 59.4 Å². The van der Waals surface area contributed by atoms with E-state index in [1.165, 1.54) is 4.57 Å². The third-order valence-electron chi connectivity index (χ3n) is 6.76. The number of nitrogens with one attached hydrogen (secondary N) is 1. The second-order valence-corrected chi connectivity index (χ2v) is 10.8. The third kappa shape index (κ3) is 4.89. The molecular weight excluding hydrogens is 527 g/mol. The average molecular weight is 555 g/mol. The third-order valence-corrected chi connectivity index (χ3v) is 7.99. The van der Waals surface area contributed by atoms with Crippen LogP contribution in [0.4, 0.5) is 27.8 Å². The quantitative estimate of drug-likeness (QED) is 0.456. The van der Waals surface area contributed by atoms with Gasteiger partial charge in [0.2, 0.25) is 0 Å². The Morgan fingerprint density at radius 2 is 1.84 bits per heavy atom. The molecule has 0 saturated carbocycles. The van der Waals surface area contributed by atoms with Gasteiger partial charge in [0.15, 0.2) is 0 Å². The van der Waals surface area contributed by atoms with Crippen LogP contribution >= 0.6 is 11.8 Å². The maximum atomic E-state index is 15.0. The van der Waals surface area contributed by atoms with Crippen molar-refractivity contribution in [3.05, 3.63) is 51.9 Å². The zero-order valence-electron chi connectivity index (χ0n) is 21.0. The molecule has 3 atom stereocenters. The zero-order valence-corrected chi connectivity index (χ0v) is 21.8. The standard InChI is InChI=1S/C26H27F5N4O2S/c1-4-37-16-11-35-22-18(24(33-25(35)36)34-9-13(2)32-14(3)10-34)8-19(26(29,30)31)21(23(22)38-12-16)17-6-5-15(27)7-20(17)28/h5-8,13-14,16,32H,4,9-12H2,1-3H3/t13-,14+,16-/m0/s1. The van der Waals surface area contributed by atoms with Crippen molar-refractivity contribution < 1.29 is 26.7 Å². The van der Waals surface area contributed by atoms with Gasteiger partial charge < -0.3 is 15.0 Å². The number of aromatic nitrogens is 2. The van der Waals surface area contributed by atoms with Gasteiger partial charge in [-0.15, -0.1) is 11.8 Å². The van der Waals surface area contributed by atoms with Gasteiger partial charge in [-0.05, 0) is 39.0 Å². The fourth-order valence-electron chi connectivity index (χ4n) is 5.40. The largest absolute Gasteiger partial charge is 0.417 e. The normalized spacial score (nSPS) is 22.1. The van der Waals surface area contributed by atoms with Crippen molar-refractivity contribution in [1.82, 2.24) is 14.9 Å². The van der Waals surface area contributed by atoms with E-state index in [0.717, 1.165) is 30.0 Å². The zero-order chi connectivity index (χ0) is 27.4. The van der Waals surface area contributed by atoms with Crippen molar-refractivity contribution in [3.8, 4) is 11.1 Å². The summed E-state index contributed by atoms with van der Waals surface area (Å²) >= 11 is 1.08. The smallest absolute Gasteiger partial charge is 0.376 e. The van der Waals surface area contributed by atoms with Crippen LogP contribution < -0.4 is 15.9 Å². The first-order valence-corrected chi connectivity index (χ1v) is 13.4. The SMILES string of the molecule is CCO[C@@H]1CSc2c(-c3ccc(F)cc3F)c(C(F)(F)F)cc3c(N4C[C@@H](C)N[C@@H](C)C4)nc(=O)n(c23)C1. The second kappa shape index (κ2) is 10.1. The minimum absolute atomic E-state index is 0.0135. The van der Waals surface area contributed by atoms with Crippen LogP contribution in [0, 0.1) is 11.6 Å². The highest BCUT2D eigenvalue weighted by Crippen LogP contribution is 2.48. The fraction of sp³-hybridized carbons (Fsp3) is 0.462. The van der Waals surface area contributed by atoms with Crippen molar-refractivity contribution in [2.24, 2.45) is 0 Å². The van der Waals surface area contributed by atoms with Gasteiger partial charge in [-0.2, -0.15) is 18.2 Å². The predicted molar refractivity (Wildman–Crippen MR) is 137 cm³/mol. The number of piperazine rings is 1. The molecular formula is C26H27F5N4O2S. The van der Waals surface area contributed by atoms with Crippen molar-refractivity contribution in [1.29, 1.82) is 0 Å². The van der Waals surface area contributed by atoms with Crippen LogP contribution in [0.15, 0.2) is 34.0 Å². The van der Waals surface area contributed by atoms with E-state index in [9.17, 15) is 22.4 Å². The summed E-state index contributed by atoms with van der Waals surface area (Å²) in [5.41, 5.74) is -2.25. The van der Waals surface area contributed by atoms with Crippen LogP contribution in [-0.4, -0.2) is 53.2 Å². The monoisotopic (exact) mass is 554 g/mol. The average Bonchev–Trinajstić information content (AvgIpc) is 3.01. The molecule has 0 aliphatic carbocycles. The Morgan fingerprint density at radius 3 is 2.47 bits per heavy atom. The van der Waals surface area contributed by atoms with Crippen molar-refractivity contribution in [3.63, 3.8) is 0 Å². The first kappa shape index (κ1) is 26.9. The molecule has 3 heterocycles. The van der Waals surface area contributed by atoms with Crippen LogP contribution in [0.2, 0.25) is 0 Å². The van der Waals surface area contributed by atoms with Gasteiger partial charge in [-0.25, -0.2) is 13.6 Å². The lowest BCUT2D eigenvalue weighted by molar-refractivity contribution is -0.137. The highest BCUT2D eigenvalue weighted by Gasteiger charge is 2.39. The number of anilines is 1. The Morgan fingerprint density at radius 1 is 1.13 bits per heavy atom. The first-order chi connectivity index (χ1) is 18.0. The molecule has 0 bridgehead atoms. The second-order valence-electron chi connectivity index (χ2n) is 9.74. The molecule has 1 saturated heterocycles. The van der Waals surface area contributed by atoms with Crippen LogP contribution in [0.3, 0.4) is 0 Å². The van der Waals surface area contributed by atoms with E-state index >= 15 is 4.39 Å². The Hall–Kier alpha value is -2.70. The molecule has 1 fully saturated rings. The van der Waals surface area contributed by atoms with E-state index in [4.69, 9.17) is 4.74 Å². The highest BCUT2D eigenvalue weighted by molar-refractivity contribution is 7.99. The Labute approximate surface area is 220 Å². The van der Waals surface area contributed by atoms with E-state index < -0.39 is 40.7 Å². The summed E-state index contributed by atoms with van der Waals surface area (Å²) in [5, 5.41) is 3.52. The fourth-order valence-corrected chi connectivity index (χ4v) is 6.67. The molecule has 5 rings (SSSR count). The van der Waals surface area contributed by atoms with E-state index in [1.54, 1.807) is 6.92 Å². The van der Waals surface area contributed by atoms with E-state index in [1.807, 2.05) is 18.7 Å². The molecule has 12 heteroatoms. The van der Waals surface area contributed by atoms with Gasteiger partial charge in [0.25, 0.3) is 0 Å². The van der Waals surface area contributed by atoms with Gasteiger partial charge in [-0.3, -0.25) is 4.57 Å². The predicted octanol–water partition coefficient (Wildman–Crippen LogP) is 5.06. The van der Waals surface area contributed by atoms with E-state index in [0.29, 0.717) is 25.8 Å². The van der Waals surface area contributed by atoms with Gasteiger partial charge in [-0.1, -0.05) is 0 Å². The first-order valence-electron chi connectivity index (χ1n) is 12.4. The number of nitrogens with zero attached hydrogens (tertiary/aromatic N) is 3. The Kier molecular flexibility index (Phi) is 7.16. The Balaban J connectivity index is 1.89. The molecule has 0 amide bonds.